The quantitative estimate of drug-likeness (QED) is 0.807. The average molecular weight is 261 g/mol. The number of hydrogen-bond donors (Lipinski definition) is 1. The number of H-pyrrole nitrogens is 1. The van der Waals surface area contributed by atoms with Gasteiger partial charge in [-0.15, -0.1) is 0 Å². The van der Waals surface area contributed by atoms with Crippen LogP contribution in [0.15, 0.2) is 30.3 Å². The van der Waals surface area contributed by atoms with Crippen molar-refractivity contribution in [2.24, 2.45) is 0 Å². The maximum Gasteiger partial charge on any atom is 0.195 e. The second-order valence-electron chi connectivity index (χ2n) is 4.44. The van der Waals surface area contributed by atoms with Crippen LogP contribution in [0, 0.1) is 4.77 Å². The van der Waals surface area contributed by atoms with E-state index in [1.807, 2.05) is 0 Å². The first-order chi connectivity index (χ1) is 8.81. The molecule has 0 aliphatic carbocycles. The molecule has 1 aromatic carbocycles. The summed E-state index contributed by atoms with van der Waals surface area (Å²) >= 11 is 5.23. The molecule has 3 nitrogen and oxygen atoms in total. The molecule has 0 atom stereocenters. The Balaban J connectivity index is 1.92. The van der Waals surface area contributed by atoms with Crippen LogP contribution in [-0.4, -0.2) is 14.8 Å². The third kappa shape index (κ3) is 3.29. The maximum absolute atomic E-state index is 5.23. The molecular formula is C14H19N3S. The molecule has 0 bridgehead atoms. The molecule has 0 fully saturated rings. The van der Waals surface area contributed by atoms with Gasteiger partial charge in [0.05, 0.1) is 0 Å². The van der Waals surface area contributed by atoms with Crippen LogP contribution in [-0.2, 0) is 19.4 Å². The molecule has 0 aliphatic rings. The summed E-state index contributed by atoms with van der Waals surface area (Å²) in [6.45, 7) is 3.11. The molecule has 1 N–H and O–H groups in total. The van der Waals surface area contributed by atoms with Crippen molar-refractivity contribution >= 4 is 12.2 Å². The van der Waals surface area contributed by atoms with E-state index in [0.717, 1.165) is 42.8 Å². The first kappa shape index (κ1) is 13.0. The third-order valence-electron chi connectivity index (χ3n) is 2.99. The number of hydrogen-bond acceptors (Lipinski definition) is 2. The SMILES string of the molecule is CCCn1c(CCCc2ccccc2)n[nH]c1=S. The lowest BCUT2D eigenvalue weighted by molar-refractivity contribution is 0.617. The highest BCUT2D eigenvalue weighted by atomic mass is 32.1. The van der Waals surface area contributed by atoms with E-state index in [9.17, 15) is 0 Å². The van der Waals surface area contributed by atoms with Crippen LogP contribution >= 0.6 is 12.2 Å². The van der Waals surface area contributed by atoms with Gasteiger partial charge < -0.3 is 4.57 Å². The van der Waals surface area contributed by atoms with Gasteiger partial charge in [0.1, 0.15) is 5.82 Å². The molecule has 0 radical (unpaired) electrons. The van der Waals surface area contributed by atoms with Crippen LogP contribution in [0.25, 0.3) is 0 Å². The lowest BCUT2D eigenvalue weighted by Gasteiger charge is -2.05. The number of nitrogens with zero attached hydrogens (tertiary/aromatic N) is 2. The summed E-state index contributed by atoms with van der Waals surface area (Å²) in [7, 11) is 0. The standard InChI is InChI=1S/C14H19N3S/c1-2-11-17-13(15-16-14(17)18)10-6-9-12-7-4-3-5-8-12/h3-5,7-8H,2,6,9-11H2,1H3,(H,16,18). The maximum atomic E-state index is 5.23. The number of benzene rings is 1. The molecule has 0 unspecified atom stereocenters. The molecule has 2 rings (SSSR count). The van der Waals surface area contributed by atoms with E-state index < -0.39 is 0 Å². The van der Waals surface area contributed by atoms with Crippen LogP contribution in [0.2, 0.25) is 0 Å². The van der Waals surface area contributed by atoms with E-state index in [1.165, 1.54) is 5.56 Å². The minimum Gasteiger partial charge on any atom is -0.304 e. The van der Waals surface area contributed by atoms with Gasteiger partial charge in [-0.2, -0.15) is 5.10 Å². The Hall–Kier alpha value is -1.42. The van der Waals surface area contributed by atoms with Gasteiger partial charge in [0, 0.05) is 13.0 Å². The van der Waals surface area contributed by atoms with Crippen molar-refractivity contribution in [1.82, 2.24) is 14.8 Å². The van der Waals surface area contributed by atoms with Gasteiger partial charge in [0.2, 0.25) is 0 Å². The molecule has 96 valence electrons. The highest BCUT2D eigenvalue weighted by molar-refractivity contribution is 7.71. The Bertz CT molecular complexity index is 527. The van der Waals surface area contributed by atoms with Crippen LogP contribution < -0.4 is 0 Å². The third-order valence-corrected chi connectivity index (χ3v) is 3.30. The van der Waals surface area contributed by atoms with Crippen LogP contribution in [0.1, 0.15) is 31.2 Å². The zero-order valence-corrected chi connectivity index (χ0v) is 11.5. The van der Waals surface area contributed by atoms with Crippen molar-refractivity contribution in [3.05, 3.63) is 46.5 Å². The fourth-order valence-electron chi connectivity index (χ4n) is 2.09. The highest BCUT2D eigenvalue weighted by Gasteiger charge is 2.04. The predicted octanol–water partition coefficient (Wildman–Crippen LogP) is 3.53. The normalized spacial score (nSPS) is 10.7. The second kappa shape index (κ2) is 6.50. The van der Waals surface area contributed by atoms with Gasteiger partial charge >= 0.3 is 0 Å². The molecule has 18 heavy (non-hydrogen) atoms. The molecule has 0 aliphatic heterocycles. The van der Waals surface area contributed by atoms with Crippen molar-refractivity contribution < 1.29 is 0 Å². The number of aryl methyl sites for hydroxylation is 2. The molecule has 0 spiro atoms. The van der Waals surface area contributed by atoms with Gasteiger partial charge in [0.25, 0.3) is 0 Å². The van der Waals surface area contributed by atoms with E-state index in [4.69, 9.17) is 12.2 Å². The van der Waals surface area contributed by atoms with Gasteiger partial charge in [0.15, 0.2) is 4.77 Å². The summed E-state index contributed by atoms with van der Waals surface area (Å²) < 4.78 is 2.85. The van der Waals surface area contributed by atoms with Gasteiger partial charge in [-0.25, -0.2) is 0 Å². The van der Waals surface area contributed by atoms with Crippen molar-refractivity contribution in [2.45, 2.75) is 39.2 Å². The lowest BCUT2D eigenvalue weighted by Crippen LogP contribution is -2.04. The number of nitrogens with one attached hydrogen (secondary N) is 1. The average Bonchev–Trinajstić information content (AvgIpc) is 2.73. The Labute approximate surface area is 113 Å². The summed E-state index contributed by atoms with van der Waals surface area (Å²) in [6, 6.07) is 10.6. The smallest absolute Gasteiger partial charge is 0.195 e. The molecule has 0 saturated heterocycles. The summed E-state index contributed by atoms with van der Waals surface area (Å²) in [5.41, 5.74) is 1.38. The van der Waals surface area contributed by atoms with E-state index in [0.29, 0.717) is 0 Å². The number of rotatable bonds is 6. The summed E-state index contributed by atoms with van der Waals surface area (Å²) in [5.74, 6) is 1.08. The fourth-order valence-corrected chi connectivity index (χ4v) is 2.33. The number of aromatic amines is 1. The fraction of sp³-hybridized carbons (Fsp3) is 0.429. The molecule has 2 aromatic rings. The molecule has 0 amide bonds. The monoisotopic (exact) mass is 261 g/mol. The van der Waals surface area contributed by atoms with E-state index in [-0.39, 0.29) is 0 Å². The van der Waals surface area contributed by atoms with Crippen molar-refractivity contribution in [3.8, 4) is 0 Å². The Morgan fingerprint density at radius 2 is 2.00 bits per heavy atom. The van der Waals surface area contributed by atoms with Crippen molar-refractivity contribution in [1.29, 1.82) is 0 Å². The van der Waals surface area contributed by atoms with E-state index in [2.05, 4.69) is 52.0 Å². The molecule has 0 saturated carbocycles. The zero-order valence-electron chi connectivity index (χ0n) is 10.7. The molecule has 1 aromatic heterocycles. The molecular weight excluding hydrogens is 242 g/mol. The van der Waals surface area contributed by atoms with Gasteiger partial charge in [-0.1, -0.05) is 37.3 Å². The first-order valence-electron chi connectivity index (χ1n) is 6.49. The highest BCUT2D eigenvalue weighted by Crippen LogP contribution is 2.07. The second-order valence-corrected chi connectivity index (χ2v) is 4.82. The van der Waals surface area contributed by atoms with Crippen LogP contribution in [0.3, 0.4) is 0 Å². The lowest BCUT2D eigenvalue weighted by atomic mass is 10.1. The molecule has 1 heterocycles. The first-order valence-corrected chi connectivity index (χ1v) is 6.90. The topological polar surface area (TPSA) is 33.6 Å². The Morgan fingerprint density at radius 3 is 2.72 bits per heavy atom. The minimum absolute atomic E-state index is 0.742. The van der Waals surface area contributed by atoms with Gasteiger partial charge in [-0.3, -0.25) is 5.10 Å². The number of aromatic nitrogens is 3. The summed E-state index contributed by atoms with van der Waals surface area (Å²) in [4.78, 5) is 0. The van der Waals surface area contributed by atoms with E-state index >= 15 is 0 Å². The van der Waals surface area contributed by atoms with Gasteiger partial charge in [-0.05, 0) is 37.0 Å². The van der Waals surface area contributed by atoms with E-state index in [1.54, 1.807) is 0 Å². The predicted molar refractivity (Wildman–Crippen MR) is 76.2 cm³/mol. The summed E-state index contributed by atoms with van der Waals surface area (Å²) in [5, 5.41) is 7.20. The van der Waals surface area contributed by atoms with Crippen LogP contribution in [0.5, 0.6) is 0 Å². The van der Waals surface area contributed by atoms with Crippen molar-refractivity contribution in [2.75, 3.05) is 0 Å². The minimum atomic E-state index is 0.742. The van der Waals surface area contributed by atoms with Crippen LogP contribution in [0.4, 0.5) is 0 Å². The zero-order chi connectivity index (χ0) is 12.8. The Kier molecular flexibility index (Phi) is 4.70. The largest absolute Gasteiger partial charge is 0.304 e. The van der Waals surface area contributed by atoms with Crippen molar-refractivity contribution in [3.63, 3.8) is 0 Å². The summed E-state index contributed by atoms with van der Waals surface area (Å²) in [6.07, 6.45) is 4.25. The molecule has 4 heteroatoms. The Morgan fingerprint density at radius 1 is 1.22 bits per heavy atom.